The van der Waals surface area contributed by atoms with Gasteiger partial charge >= 0.3 is 0 Å². The summed E-state index contributed by atoms with van der Waals surface area (Å²) in [6.07, 6.45) is 1.77. The van der Waals surface area contributed by atoms with Gasteiger partial charge in [-0.2, -0.15) is 0 Å². The molecule has 2 aromatic rings. The van der Waals surface area contributed by atoms with Crippen LogP contribution in [0.3, 0.4) is 0 Å². The number of piperazine rings is 1. The monoisotopic (exact) mass is 330 g/mol. The summed E-state index contributed by atoms with van der Waals surface area (Å²) in [4.78, 5) is 42.7. The molecule has 2 N–H and O–H groups in total. The van der Waals surface area contributed by atoms with E-state index in [1.807, 2.05) is 18.2 Å². The van der Waals surface area contributed by atoms with Crippen LogP contribution in [0.4, 0.5) is 5.82 Å². The third-order valence-electron chi connectivity index (χ3n) is 3.54. The van der Waals surface area contributed by atoms with Gasteiger partial charge in [0.1, 0.15) is 11.5 Å². The van der Waals surface area contributed by atoms with Crippen molar-refractivity contribution in [2.24, 2.45) is 0 Å². The maximum Gasteiger partial charge on any atom is 0.290 e. The van der Waals surface area contributed by atoms with Crippen LogP contribution in [0.1, 0.15) is 10.5 Å². The van der Waals surface area contributed by atoms with Gasteiger partial charge < -0.3 is 19.9 Å². The average molecular weight is 330 g/mol. The number of hydrogen-bond donors (Lipinski definition) is 2. The number of H-pyrrole nitrogens is 1. The molecular formula is C16H18N4O4. The van der Waals surface area contributed by atoms with Crippen LogP contribution in [0.5, 0.6) is 0 Å². The summed E-state index contributed by atoms with van der Waals surface area (Å²) in [7, 11) is 0. The first kappa shape index (κ1) is 17.2. The van der Waals surface area contributed by atoms with E-state index in [0.29, 0.717) is 18.8 Å². The van der Waals surface area contributed by atoms with E-state index in [-0.39, 0.29) is 17.9 Å². The number of aromatic amines is 1. The van der Waals surface area contributed by atoms with Gasteiger partial charge in [0.25, 0.3) is 12.4 Å². The predicted octanol–water partition coefficient (Wildman–Crippen LogP) is 0.433. The number of carbonyl (C=O) groups is 2. The zero-order chi connectivity index (χ0) is 17.4. The lowest BCUT2D eigenvalue weighted by molar-refractivity contribution is -0.122. The molecule has 1 aliphatic rings. The fourth-order valence-electron chi connectivity index (χ4n) is 2.42. The van der Waals surface area contributed by atoms with Crippen LogP contribution in [0, 0.1) is 0 Å². The number of hydrogen-bond acceptors (Lipinski definition) is 5. The van der Waals surface area contributed by atoms with Crippen molar-refractivity contribution in [3.63, 3.8) is 0 Å². The molecule has 0 unspecified atom stereocenters. The van der Waals surface area contributed by atoms with Crippen molar-refractivity contribution in [1.82, 2.24) is 14.9 Å². The third-order valence-corrected chi connectivity index (χ3v) is 3.54. The van der Waals surface area contributed by atoms with E-state index in [4.69, 9.17) is 9.90 Å². The van der Waals surface area contributed by atoms with E-state index in [0.717, 1.165) is 18.9 Å². The highest BCUT2D eigenvalue weighted by atomic mass is 16.3. The van der Waals surface area contributed by atoms with E-state index in [9.17, 15) is 9.59 Å². The van der Waals surface area contributed by atoms with Crippen LogP contribution in [-0.2, 0) is 4.79 Å². The molecule has 0 atom stereocenters. The first-order valence-electron chi connectivity index (χ1n) is 7.38. The first-order valence-corrected chi connectivity index (χ1v) is 7.38. The molecule has 0 aromatic carbocycles. The largest absolute Gasteiger partial charge is 0.483 e. The Morgan fingerprint density at radius 2 is 1.83 bits per heavy atom. The second kappa shape index (κ2) is 8.47. The van der Waals surface area contributed by atoms with Gasteiger partial charge in [-0.3, -0.25) is 14.4 Å². The Kier molecular flexibility index (Phi) is 6.07. The number of rotatable bonds is 2. The lowest BCUT2D eigenvalue weighted by Crippen LogP contribution is -2.49. The number of anilines is 1. The van der Waals surface area contributed by atoms with E-state index in [1.54, 1.807) is 23.2 Å². The van der Waals surface area contributed by atoms with Gasteiger partial charge in [0.2, 0.25) is 5.56 Å². The molecule has 8 nitrogen and oxygen atoms in total. The van der Waals surface area contributed by atoms with Crippen molar-refractivity contribution in [2.45, 2.75) is 0 Å². The Labute approximate surface area is 138 Å². The topological polar surface area (TPSA) is 107 Å². The fraction of sp³-hybridized carbons (Fsp3) is 0.250. The van der Waals surface area contributed by atoms with Crippen molar-refractivity contribution in [3.8, 4) is 0 Å². The molecule has 0 aliphatic carbocycles. The molecule has 24 heavy (non-hydrogen) atoms. The summed E-state index contributed by atoms with van der Waals surface area (Å²) in [5.41, 5.74) is 0.0850. The smallest absolute Gasteiger partial charge is 0.290 e. The lowest BCUT2D eigenvalue weighted by atomic mass is 10.2. The van der Waals surface area contributed by atoms with Crippen molar-refractivity contribution in [3.05, 3.63) is 58.6 Å². The minimum Gasteiger partial charge on any atom is -0.483 e. The molecule has 1 saturated heterocycles. The minimum atomic E-state index is -0.257. The van der Waals surface area contributed by atoms with Crippen molar-refractivity contribution in [2.75, 3.05) is 31.1 Å². The van der Waals surface area contributed by atoms with E-state index < -0.39 is 0 Å². The van der Waals surface area contributed by atoms with Crippen LogP contribution < -0.4 is 10.5 Å². The Morgan fingerprint density at radius 3 is 2.42 bits per heavy atom. The Bertz CT molecular complexity index is 724. The molecule has 0 spiro atoms. The lowest BCUT2D eigenvalue weighted by Gasteiger charge is -2.35. The molecule has 8 heteroatoms. The normalized spacial score (nSPS) is 13.7. The number of carbonyl (C=O) groups excluding carboxylic acids is 1. The van der Waals surface area contributed by atoms with E-state index in [2.05, 4.69) is 14.9 Å². The van der Waals surface area contributed by atoms with Gasteiger partial charge in [-0.25, -0.2) is 4.98 Å². The summed E-state index contributed by atoms with van der Waals surface area (Å²) in [6.45, 7) is 2.46. The summed E-state index contributed by atoms with van der Waals surface area (Å²) >= 11 is 0. The summed E-state index contributed by atoms with van der Waals surface area (Å²) in [6, 6.07) is 10.4. The Hall–Kier alpha value is -3.16. The number of aromatic nitrogens is 2. The quantitative estimate of drug-likeness (QED) is 0.774. The van der Waals surface area contributed by atoms with Gasteiger partial charge in [0.15, 0.2) is 0 Å². The predicted molar refractivity (Wildman–Crippen MR) is 88.1 cm³/mol. The molecule has 1 fully saturated rings. The van der Waals surface area contributed by atoms with Crippen molar-refractivity contribution >= 4 is 18.2 Å². The van der Waals surface area contributed by atoms with Crippen LogP contribution in [-0.4, -0.2) is 58.5 Å². The number of nitrogens with one attached hydrogen (secondary N) is 1. The number of carboxylic acid groups (broad SMARTS) is 1. The highest BCUT2D eigenvalue weighted by Crippen LogP contribution is 2.13. The number of pyridine rings is 2. The summed E-state index contributed by atoms with van der Waals surface area (Å²) in [5, 5.41) is 6.89. The van der Waals surface area contributed by atoms with Crippen LogP contribution in [0.2, 0.25) is 0 Å². The summed E-state index contributed by atoms with van der Waals surface area (Å²) < 4.78 is 0. The zero-order valence-corrected chi connectivity index (χ0v) is 13.0. The van der Waals surface area contributed by atoms with Gasteiger partial charge in [-0.1, -0.05) is 12.1 Å². The SMILES string of the molecule is O=C(c1cccc(=O)[nH]1)N1CCN(c2ccccn2)CC1.O=CO. The highest BCUT2D eigenvalue weighted by molar-refractivity contribution is 5.92. The minimum absolute atomic E-state index is 0.131. The molecule has 126 valence electrons. The Balaban J connectivity index is 0.000000647. The second-order valence-electron chi connectivity index (χ2n) is 5.00. The van der Waals surface area contributed by atoms with Gasteiger partial charge in [-0.05, 0) is 18.2 Å². The molecule has 0 saturated carbocycles. The van der Waals surface area contributed by atoms with Crippen molar-refractivity contribution < 1.29 is 14.7 Å². The van der Waals surface area contributed by atoms with Crippen LogP contribution in [0.25, 0.3) is 0 Å². The summed E-state index contributed by atoms with van der Waals surface area (Å²) in [5.74, 6) is 0.797. The average Bonchev–Trinajstić information content (AvgIpc) is 2.63. The first-order chi connectivity index (χ1) is 11.7. The number of amides is 1. The van der Waals surface area contributed by atoms with E-state index in [1.165, 1.54) is 6.07 Å². The third kappa shape index (κ3) is 4.42. The molecule has 3 heterocycles. The Morgan fingerprint density at radius 1 is 1.12 bits per heavy atom. The van der Waals surface area contributed by atoms with Crippen LogP contribution >= 0.6 is 0 Å². The van der Waals surface area contributed by atoms with Gasteiger partial charge in [0, 0.05) is 38.4 Å². The van der Waals surface area contributed by atoms with Gasteiger partial charge in [0.05, 0.1) is 0 Å². The van der Waals surface area contributed by atoms with Crippen molar-refractivity contribution in [1.29, 1.82) is 0 Å². The van der Waals surface area contributed by atoms with E-state index >= 15 is 0 Å². The molecule has 1 amide bonds. The highest BCUT2D eigenvalue weighted by Gasteiger charge is 2.23. The molecule has 0 bridgehead atoms. The maximum absolute atomic E-state index is 12.3. The number of nitrogens with zero attached hydrogens (tertiary/aromatic N) is 3. The molecule has 1 aliphatic heterocycles. The molecule has 0 radical (unpaired) electrons. The molecule has 3 rings (SSSR count). The second-order valence-corrected chi connectivity index (χ2v) is 5.00. The molecular weight excluding hydrogens is 312 g/mol. The maximum atomic E-state index is 12.3. The van der Waals surface area contributed by atoms with Crippen LogP contribution in [0.15, 0.2) is 47.4 Å². The zero-order valence-electron chi connectivity index (χ0n) is 13.0. The van der Waals surface area contributed by atoms with Gasteiger partial charge in [-0.15, -0.1) is 0 Å². The standard InChI is InChI=1S/C15H16N4O2.CH2O2/c20-14-6-3-4-12(17-14)15(21)19-10-8-18(9-11-19)13-5-1-2-7-16-13;2-1-3/h1-7H,8-11H2,(H,17,20);1H,(H,2,3). The molecule has 2 aromatic heterocycles. The fourth-order valence-corrected chi connectivity index (χ4v) is 2.42.